The molecule has 1 unspecified atom stereocenters. The number of methoxy groups -OCH3 is 1. The smallest absolute Gasteiger partial charge is 0.138 e. The largest absolute Gasteiger partial charge is 0.497 e. The van der Waals surface area contributed by atoms with Crippen LogP contribution in [0.5, 0.6) is 5.75 Å². The van der Waals surface area contributed by atoms with Gasteiger partial charge in [0.25, 0.3) is 0 Å². The Morgan fingerprint density at radius 1 is 1.35 bits per heavy atom. The number of nitrogens with one attached hydrogen (secondary N) is 1. The van der Waals surface area contributed by atoms with Gasteiger partial charge in [0.2, 0.25) is 0 Å². The monoisotopic (exact) mass is 274 g/mol. The Morgan fingerprint density at radius 3 is 2.90 bits per heavy atom. The molecule has 0 radical (unpaired) electrons. The van der Waals surface area contributed by atoms with E-state index in [0.717, 1.165) is 31.0 Å². The highest BCUT2D eigenvalue weighted by molar-refractivity contribution is 5.29. The summed E-state index contributed by atoms with van der Waals surface area (Å²) in [6, 6.07) is 8.52. The average Bonchev–Trinajstić information content (AvgIpc) is 2.94. The first-order chi connectivity index (χ1) is 9.76. The van der Waals surface area contributed by atoms with Gasteiger partial charge in [-0.05, 0) is 38.1 Å². The molecule has 0 aliphatic carbocycles. The van der Waals surface area contributed by atoms with Crippen molar-refractivity contribution in [3.05, 3.63) is 42.0 Å². The molecule has 5 heteroatoms. The highest BCUT2D eigenvalue weighted by Gasteiger charge is 2.12. The van der Waals surface area contributed by atoms with Crippen molar-refractivity contribution in [3.63, 3.8) is 0 Å². The fourth-order valence-electron chi connectivity index (χ4n) is 2.29. The maximum Gasteiger partial charge on any atom is 0.138 e. The molecule has 1 aromatic heterocycles. The van der Waals surface area contributed by atoms with Gasteiger partial charge in [0.1, 0.15) is 17.9 Å². The summed E-state index contributed by atoms with van der Waals surface area (Å²) in [6.07, 6.45) is 3.42. The van der Waals surface area contributed by atoms with Crippen LogP contribution in [0.1, 0.15) is 18.3 Å². The van der Waals surface area contributed by atoms with Gasteiger partial charge in [-0.1, -0.05) is 12.1 Å². The Morgan fingerprint density at radius 2 is 2.20 bits per heavy atom. The number of benzene rings is 1. The summed E-state index contributed by atoms with van der Waals surface area (Å²) in [5.41, 5.74) is 1.26. The normalized spacial score (nSPS) is 12.3. The minimum Gasteiger partial charge on any atom is -0.497 e. The van der Waals surface area contributed by atoms with E-state index in [1.807, 2.05) is 23.9 Å². The Bertz CT molecular complexity index is 538. The van der Waals surface area contributed by atoms with E-state index >= 15 is 0 Å². The van der Waals surface area contributed by atoms with Crippen molar-refractivity contribution in [1.82, 2.24) is 20.1 Å². The second kappa shape index (κ2) is 7.05. The van der Waals surface area contributed by atoms with Crippen LogP contribution in [0.2, 0.25) is 0 Å². The maximum atomic E-state index is 5.27. The molecule has 0 fully saturated rings. The Hall–Kier alpha value is -1.88. The summed E-state index contributed by atoms with van der Waals surface area (Å²) >= 11 is 0. The standard InChI is InChI=1S/C15H22N4O/c1-4-19-15(17-11-18-19)10-13(16-2)8-12-6-5-7-14(9-12)20-3/h5-7,9,11,13,16H,4,8,10H2,1-3H3. The second-order valence-electron chi connectivity index (χ2n) is 4.74. The molecule has 1 aromatic carbocycles. The van der Waals surface area contributed by atoms with Gasteiger partial charge in [0.15, 0.2) is 0 Å². The van der Waals surface area contributed by atoms with Gasteiger partial charge >= 0.3 is 0 Å². The van der Waals surface area contributed by atoms with Crippen LogP contribution in [-0.4, -0.2) is 35.0 Å². The van der Waals surface area contributed by atoms with Gasteiger partial charge in [0, 0.05) is 19.0 Å². The molecule has 1 atom stereocenters. The molecule has 1 heterocycles. The van der Waals surface area contributed by atoms with Crippen molar-refractivity contribution in [1.29, 1.82) is 0 Å². The van der Waals surface area contributed by atoms with Crippen molar-refractivity contribution < 1.29 is 4.74 Å². The van der Waals surface area contributed by atoms with Gasteiger partial charge in [0.05, 0.1) is 7.11 Å². The van der Waals surface area contributed by atoms with Crippen molar-refractivity contribution in [2.45, 2.75) is 32.4 Å². The second-order valence-corrected chi connectivity index (χ2v) is 4.74. The van der Waals surface area contributed by atoms with E-state index in [0.29, 0.717) is 6.04 Å². The predicted molar refractivity (Wildman–Crippen MR) is 78.9 cm³/mol. The van der Waals surface area contributed by atoms with E-state index in [1.165, 1.54) is 5.56 Å². The first kappa shape index (κ1) is 14.5. The lowest BCUT2D eigenvalue weighted by molar-refractivity contribution is 0.413. The van der Waals surface area contributed by atoms with Crippen LogP contribution in [0.3, 0.4) is 0 Å². The molecule has 0 aliphatic rings. The SMILES string of the molecule is CCn1ncnc1CC(Cc1cccc(OC)c1)NC. The summed E-state index contributed by atoms with van der Waals surface area (Å²) in [7, 11) is 3.68. The van der Waals surface area contributed by atoms with Crippen LogP contribution in [-0.2, 0) is 19.4 Å². The minimum absolute atomic E-state index is 0.330. The van der Waals surface area contributed by atoms with Gasteiger partial charge < -0.3 is 10.1 Å². The van der Waals surface area contributed by atoms with Gasteiger partial charge in [-0.3, -0.25) is 4.68 Å². The fraction of sp³-hybridized carbons (Fsp3) is 0.467. The first-order valence-electron chi connectivity index (χ1n) is 6.93. The average molecular weight is 274 g/mol. The summed E-state index contributed by atoms with van der Waals surface area (Å²) in [4.78, 5) is 4.34. The maximum absolute atomic E-state index is 5.27. The highest BCUT2D eigenvalue weighted by atomic mass is 16.5. The van der Waals surface area contributed by atoms with Crippen molar-refractivity contribution in [2.75, 3.05) is 14.2 Å². The molecule has 2 aromatic rings. The fourth-order valence-corrected chi connectivity index (χ4v) is 2.29. The molecule has 5 nitrogen and oxygen atoms in total. The van der Waals surface area contributed by atoms with Crippen LogP contribution in [0.25, 0.3) is 0 Å². The summed E-state index contributed by atoms with van der Waals surface area (Å²) < 4.78 is 7.21. The molecule has 1 N–H and O–H groups in total. The van der Waals surface area contributed by atoms with Crippen molar-refractivity contribution in [2.24, 2.45) is 0 Å². The molecule has 0 saturated heterocycles. The number of ether oxygens (including phenoxy) is 1. The Balaban J connectivity index is 2.05. The molecule has 108 valence electrons. The summed E-state index contributed by atoms with van der Waals surface area (Å²) in [6.45, 7) is 2.93. The van der Waals surface area contributed by atoms with E-state index in [-0.39, 0.29) is 0 Å². The van der Waals surface area contributed by atoms with Crippen LogP contribution >= 0.6 is 0 Å². The molecule has 0 saturated carbocycles. The van der Waals surface area contributed by atoms with Crippen molar-refractivity contribution in [3.8, 4) is 5.75 Å². The molecular formula is C15H22N4O. The van der Waals surface area contributed by atoms with E-state index < -0.39 is 0 Å². The zero-order valence-electron chi connectivity index (χ0n) is 12.3. The van der Waals surface area contributed by atoms with Crippen LogP contribution in [0.15, 0.2) is 30.6 Å². The van der Waals surface area contributed by atoms with Gasteiger partial charge in [-0.15, -0.1) is 0 Å². The molecule has 2 rings (SSSR count). The van der Waals surface area contributed by atoms with E-state index in [2.05, 4.69) is 34.5 Å². The third-order valence-corrected chi connectivity index (χ3v) is 3.45. The molecule has 0 bridgehead atoms. The third-order valence-electron chi connectivity index (χ3n) is 3.45. The number of aryl methyl sites for hydroxylation is 1. The molecule has 0 aliphatic heterocycles. The number of nitrogens with zero attached hydrogens (tertiary/aromatic N) is 3. The Kier molecular flexibility index (Phi) is 5.12. The van der Waals surface area contributed by atoms with E-state index in [9.17, 15) is 0 Å². The lowest BCUT2D eigenvalue weighted by Crippen LogP contribution is -2.31. The molecule has 0 spiro atoms. The number of hydrogen-bond donors (Lipinski definition) is 1. The molecular weight excluding hydrogens is 252 g/mol. The topological polar surface area (TPSA) is 52.0 Å². The third kappa shape index (κ3) is 3.57. The quantitative estimate of drug-likeness (QED) is 0.834. The lowest BCUT2D eigenvalue weighted by atomic mass is 10.0. The van der Waals surface area contributed by atoms with E-state index in [1.54, 1.807) is 13.4 Å². The molecule has 20 heavy (non-hydrogen) atoms. The predicted octanol–water partition coefficient (Wildman–Crippen LogP) is 1.68. The van der Waals surface area contributed by atoms with Crippen LogP contribution in [0, 0.1) is 0 Å². The zero-order chi connectivity index (χ0) is 14.4. The van der Waals surface area contributed by atoms with Crippen LogP contribution in [0.4, 0.5) is 0 Å². The zero-order valence-corrected chi connectivity index (χ0v) is 12.3. The lowest BCUT2D eigenvalue weighted by Gasteiger charge is -2.16. The number of aromatic nitrogens is 3. The van der Waals surface area contributed by atoms with Crippen LogP contribution < -0.4 is 10.1 Å². The molecule has 0 amide bonds. The van der Waals surface area contributed by atoms with E-state index in [4.69, 9.17) is 4.74 Å². The summed E-state index contributed by atoms with van der Waals surface area (Å²) in [5.74, 6) is 1.92. The Labute approximate surface area is 120 Å². The number of likely N-dealkylation sites (N-methyl/N-ethyl adjacent to an activating group) is 1. The van der Waals surface area contributed by atoms with Gasteiger partial charge in [-0.25, -0.2) is 4.98 Å². The number of hydrogen-bond acceptors (Lipinski definition) is 4. The number of rotatable bonds is 7. The minimum atomic E-state index is 0.330. The summed E-state index contributed by atoms with van der Waals surface area (Å²) in [5, 5.41) is 7.57. The van der Waals surface area contributed by atoms with Crippen molar-refractivity contribution >= 4 is 0 Å². The highest BCUT2D eigenvalue weighted by Crippen LogP contribution is 2.15. The van der Waals surface area contributed by atoms with Gasteiger partial charge in [-0.2, -0.15) is 5.10 Å². The first-order valence-corrected chi connectivity index (χ1v) is 6.93.